The summed E-state index contributed by atoms with van der Waals surface area (Å²) in [4.78, 5) is 7.06. The van der Waals surface area contributed by atoms with Crippen LogP contribution in [0.4, 0.5) is 19.0 Å². The zero-order valence-electron chi connectivity index (χ0n) is 15.4. The summed E-state index contributed by atoms with van der Waals surface area (Å²) in [5.41, 5.74) is 0.536. The van der Waals surface area contributed by atoms with Crippen LogP contribution >= 0.6 is 0 Å². The molecular weight excluding hydrogens is 365 g/mol. The van der Waals surface area contributed by atoms with Crippen LogP contribution in [0.2, 0.25) is 0 Å². The Balaban J connectivity index is 1.58. The predicted molar refractivity (Wildman–Crippen MR) is 104 cm³/mol. The molecule has 1 aromatic heterocycles. The average Bonchev–Trinajstić information content (AvgIpc) is 2.72. The molecule has 1 aliphatic rings. The lowest BCUT2D eigenvalue weighted by molar-refractivity contribution is -0.137. The van der Waals surface area contributed by atoms with Crippen molar-refractivity contribution in [3.05, 3.63) is 65.7 Å². The van der Waals surface area contributed by atoms with E-state index in [4.69, 9.17) is 9.72 Å². The maximum atomic E-state index is 12.9. The van der Waals surface area contributed by atoms with Crippen molar-refractivity contribution in [3.8, 4) is 5.75 Å². The Bertz CT molecular complexity index is 965. The van der Waals surface area contributed by atoms with E-state index >= 15 is 0 Å². The van der Waals surface area contributed by atoms with E-state index in [1.807, 2.05) is 30.3 Å². The maximum absolute atomic E-state index is 12.9. The Morgan fingerprint density at radius 3 is 2.50 bits per heavy atom. The third-order valence-electron chi connectivity index (χ3n) is 5.00. The van der Waals surface area contributed by atoms with Crippen LogP contribution in [-0.4, -0.2) is 18.1 Å². The van der Waals surface area contributed by atoms with E-state index in [0.29, 0.717) is 11.3 Å². The van der Waals surface area contributed by atoms with Gasteiger partial charge in [-0.1, -0.05) is 24.3 Å². The maximum Gasteiger partial charge on any atom is 0.416 e. The standard InChI is InChI=1S/C22H21F3N2O/c23-22(24,25)18-8-4-6-16(14-18)15-28-19-9-5-7-17-10-11-20(26-21(17)19)27-12-2-1-3-13-27/h4-11,14H,1-3,12-13,15H2. The molecule has 0 unspecified atom stereocenters. The molecule has 0 radical (unpaired) electrons. The average molecular weight is 386 g/mol. The highest BCUT2D eigenvalue weighted by molar-refractivity contribution is 5.86. The molecule has 1 aliphatic heterocycles. The van der Waals surface area contributed by atoms with Crippen molar-refractivity contribution in [1.29, 1.82) is 0 Å². The van der Waals surface area contributed by atoms with Crippen molar-refractivity contribution in [1.82, 2.24) is 4.98 Å². The smallest absolute Gasteiger partial charge is 0.416 e. The molecule has 0 bridgehead atoms. The number of para-hydroxylation sites is 1. The molecule has 0 saturated carbocycles. The van der Waals surface area contributed by atoms with E-state index in [1.165, 1.54) is 12.5 Å². The summed E-state index contributed by atoms with van der Waals surface area (Å²) in [6, 6.07) is 14.9. The Morgan fingerprint density at radius 2 is 1.71 bits per heavy atom. The van der Waals surface area contributed by atoms with E-state index in [0.717, 1.165) is 54.8 Å². The first-order valence-electron chi connectivity index (χ1n) is 9.44. The van der Waals surface area contributed by atoms with E-state index in [1.54, 1.807) is 6.07 Å². The van der Waals surface area contributed by atoms with E-state index < -0.39 is 11.7 Å². The fourth-order valence-electron chi connectivity index (χ4n) is 3.52. The number of hydrogen-bond acceptors (Lipinski definition) is 3. The second-order valence-electron chi connectivity index (χ2n) is 7.03. The first-order chi connectivity index (χ1) is 13.5. The number of aromatic nitrogens is 1. The molecule has 1 fully saturated rings. The number of nitrogens with zero attached hydrogens (tertiary/aromatic N) is 2. The highest BCUT2D eigenvalue weighted by atomic mass is 19.4. The van der Waals surface area contributed by atoms with Gasteiger partial charge in [0.15, 0.2) is 0 Å². The van der Waals surface area contributed by atoms with Gasteiger partial charge in [-0.05, 0) is 55.2 Å². The normalized spacial score (nSPS) is 15.0. The van der Waals surface area contributed by atoms with Crippen LogP contribution in [0.15, 0.2) is 54.6 Å². The number of pyridine rings is 1. The van der Waals surface area contributed by atoms with E-state index in [2.05, 4.69) is 4.90 Å². The monoisotopic (exact) mass is 386 g/mol. The van der Waals surface area contributed by atoms with Crippen LogP contribution in [0.25, 0.3) is 10.9 Å². The molecule has 4 rings (SSSR count). The summed E-state index contributed by atoms with van der Waals surface area (Å²) in [6.07, 6.45) is -0.795. The highest BCUT2D eigenvalue weighted by Gasteiger charge is 2.30. The van der Waals surface area contributed by atoms with Crippen molar-refractivity contribution in [2.75, 3.05) is 18.0 Å². The third kappa shape index (κ3) is 4.06. The molecule has 0 aliphatic carbocycles. The lowest BCUT2D eigenvalue weighted by Gasteiger charge is -2.28. The summed E-state index contributed by atoms with van der Waals surface area (Å²) in [7, 11) is 0. The number of fused-ring (bicyclic) bond motifs is 1. The van der Waals surface area contributed by atoms with Gasteiger partial charge in [-0.25, -0.2) is 4.98 Å². The second kappa shape index (κ2) is 7.70. The van der Waals surface area contributed by atoms with Gasteiger partial charge < -0.3 is 9.64 Å². The lowest BCUT2D eigenvalue weighted by Crippen LogP contribution is -2.30. The van der Waals surface area contributed by atoms with Crippen molar-refractivity contribution in [3.63, 3.8) is 0 Å². The SMILES string of the molecule is FC(F)(F)c1cccc(COc2cccc3ccc(N4CCCCC4)nc23)c1. The van der Waals surface area contributed by atoms with Crippen molar-refractivity contribution in [2.24, 2.45) is 0 Å². The predicted octanol–water partition coefficient (Wildman–Crippen LogP) is 5.82. The minimum absolute atomic E-state index is 0.0542. The van der Waals surface area contributed by atoms with Gasteiger partial charge in [-0.2, -0.15) is 13.2 Å². The molecule has 0 N–H and O–H groups in total. The number of hydrogen-bond donors (Lipinski definition) is 0. The number of halogens is 3. The Labute approximate surface area is 161 Å². The molecular formula is C22H21F3N2O. The Morgan fingerprint density at radius 1 is 0.929 bits per heavy atom. The summed E-state index contributed by atoms with van der Waals surface area (Å²) in [5.74, 6) is 1.50. The fraction of sp³-hybridized carbons (Fsp3) is 0.318. The minimum atomic E-state index is -4.36. The molecule has 0 spiro atoms. The van der Waals surface area contributed by atoms with Gasteiger partial charge in [-0.3, -0.25) is 0 Å². The molecule has 3 aromatic rings. The van der Waals surface area contributed by atoms with E-state index in [9.17, 15) is 13.2 Å². The first kappa shape index (κ1) is 18.6. The number of rotatable bonds is 4. The molecule has 0 atom stereocenters. The topological polar surface area (TPSA) is 25.4 Å². The zero-order valence-corrected chi connectivity index (χ0v) is 15.4. The van der Waals surface area contributed by atoms with Crippen LogP contribution in [0.5, 0.6) is 5.75 Å². The number of ether oxygens (including phenoxy) is 1. The summed E-state index contributed by atoms with van der Waals surface area (Å²) in [5, 5.41) is 0.947. The fourth-order valence-corrected chi connectivity index (χ4v) is 3.52. The number of benzene rings is 2. The van der Waals surface area contributed by atoms with Crippen LogP contribution in [0.1, 0.15) is 30.4 Å². The summed E-state index contributed by atoms with van der Waals surface area (Å²) < 4.78 is 44.6. The van der Waals surface area contributed by atoms with Gasteiger partial charge in [0, 0.05) is 18.5 Å². The van der Waals surface area contributed by atoms with Crippen molar-refractivity contribution < 1.29 is 17.9 Å². The van der Waals surface area contributed by atoms with Crippen molar-refractivity contribution in [2.45, 2.75) is 32.0 Å². The Hall–Kier alpha value is -2.76. The first-order valence-corrected chi connectivity index (χ1v) is 9.44. The molecule has 1 saturated heterocycles. The van der Waals surface area contributed by atoms with Gasteiger partial charge >= 0.3 is 6.18 Å². The molecule has 0 amide bonds. The van der Waals surface area contributed by atoms with Gasteiger partial charge in [0.05, 0.1) is 5.56 Å². The summed E-state index contributed by atoms with van der Waals surface area (Å²) in [6.45, 7) is 2.04. The van der Waals surface area contributed by atoms with Crippen LogP contribution in [-0.2, 0) is 12.8 Å². The lowest BCUT2D eigenvalue weighted by atomic mass is 10.1. The molecule has 146 valence electrons. The Kier molecular flexibility index (Phi) is 5.11. The number of piperidine rings is 1. The third-order valence-corrected chi connectivity index (χ3v) is 5.00. The quantitative estimate of drug-likeness (QED) is 0.565. The number of anilines is 1. The zero-order chi connectivity index (χ0) is 19.6. The largest absolute Gasteiger partial charge is 0.487 e. The molecule has 2 aromatic carbocycles. The highest BCUT2D eigenvalue weighted by Crippen LogP contribution is 2.31. The van der Waals surface area contributed by atoms with Crippen LogP contribution in [0, 0.1) is 0 Å². The van der Waals surface area contributed by atoms with Crippen LogP contribution < -0.4 is 9.64 Å². The molecule has 3 nitrogen and oxygen atoms in total. The van der Waals surface area contributed by atoms with Gasteiger partial charge in [0.1, 0.15) is 23.7 Å². The minimum Gasteiger partial charge on any atom is -0.487 e. The van der Waals surface area contributed by atoms with E-state index in [-0.39, 0.29) is 6.61 Å². The van der Waals surface area contributed by atoms with Crippen LogP contribution in [0.3, 0.4) is 0 Å². The molecule has 6 heteroatoms. The van der Waals surface area contributed by atoms with Gasteiger partial charge in [-0.15, -0.1) is 0 Å². The summed E-state index contributed by atoms with van der Waals surface area (Å²) >= 11 is 0. The second-order valence-corrected chi connectivity index (χ2v) is 7.03. The molecule has 28 heavy (non-hydrogen) atoms. The van der Waals surface area contributed by atoms with Gasteiger partial charge in [0.2, 0.25) is 0 Å². The number of alkyl halides is 3. The van der Waals surface area contributed by atoms with Crippen molar-refractivity contribution >= 4 is 16.7 Å². The molecule has 2 heterocycles. The van der Waals surface area contributed by atoms with Gasteiger partial charge in [0.25, 0.3) is 0 Å².